The fourth-order valence-electron chi connectivity index (χ4n) is 11.7. The molecule has 1 saturated heterocycles. The topological polar surface area (TPSA) is 76.0 Å². The molecule has 0 aromatic heterocycles. The number of allylic oxidation sites excluding steroid dienone is 1. The van der Waals surface area contributed by atoms with Gasteiger partial charge in [0.25, 0.3) is 0 Å². The Morgan fingerprint density at radius 1 is 0.895 bits per heavy atom. The molecule has 5 nitrogen and oxygen atoms in total. The number of carboxylic acid groups (broad SMARTS) is 1. The summed E-state index contributed by atoms with van der Waals surface area (Å²) in [6.07, 6.45) is 11.2. The van der Waals surface area contributed by atoms with Crippen LogP contribution in [0.3, 0.4) is 0 Å². The first kappa shape index (κ1) is 27.3. The maximum atomic E-state index is 12.9. The van der Waals surface area contributed by atoms with E-state index in [2.05, 4.69) is 40.7 Å². The summed E-state index contributed by atoms with van der Waals surface area (Å²) in [5, 5.41) is 22.6. The molecule has 11 atom stereocenters. The second-order valence-corrected chi connectivity index (χ2v) is 16.2. The smallest absolute Gasteiger partial charge is 0.310 e. The third-order valence-corrected chi connectivity index (χ3v) is 14.4. The second-order valence-electron chi connectivity index (χ2n) is 16.2. The van der Waals surface area contributed by atoms with E-state index in [4.69, 9.17) is 9.47 Å². The van der Waals surface area contributed by atoms with Crippen LogP contribution in [0.15, 0.2) is 11.6 Å². The fourth-order valence-corrected chi connectivity index (χ4v) is 11.7. The highest BCUT2D eigenvalue weighted by Gasteiger charge is 2.72. The van der Waals surface area contributed by atoms with Gasteiger partial charge in [0.15, 0.2) is 5.79 Å². The van der Waals surface area contributed by atoms with Crippen molar-refractivity contribution in [2.75, 3.05) is 6.61 Å². The predicted molar refractivity (Wildman–Crippen MR) is 147 cm³/mol. The molecular weight excluding hydrogens is 476 g/mol. The molecule has 0 aromatic rings. The second kappa shape index (κ2) is 7.88. The lowest BCUT2D eigenvalue weighted by Gasteiger charge is -2.72. The lowest BCUT2D eigenvalue weighted by molar-refractivity contribution is -0.351. The number of hydrogen-bond acceptors (Lipinski definition) is 4. The van der Waals surface area contributed by atoms with Crippen molar-refractivity contribution in [1.29, 1.82) is 0 Å². The van der Waals surface area contributed by atoms with E-state index < -0.39 is 22.8 Å². The number of carbonyl (C=O) groups is 1. The predicted octanol–water partition coefficient (Wildman–Crippen LogP) is 6.98. The van der Waals surface area contributed by atoms with Gasteiger partial charge in [0.2, 0.25) is 0 Å². The van der Waals surface area contributed by atoms with Crippen molar-refractivity contribution >= 4 is 5.97 Å². The molecule has 0 unspecified atom stereocenters. The van der Waals surface area contributed by atoms with Crippen LogP contribution in [0.25, 0.3) is 0 Å². The molecule has 1 aliphatic heterocycles. The van der Waals surface area contributed by atoms with Gasteiger partial charge in [-0.2, -0.15) is 0 Å². The van der Waals surface area contributed by atoms with Gasteiger partial charge in [0.05, 0.1) is 23.7 Å². The third kappa shape index (κ3) is 3.13. The molecule has 38 heavy (non-hydrogen) atoms. The monoisotopic (exact) mass is 528 g/mol. The van der Waals surface area contributed by atoms with Crippen molar-refractivity contribution in [3.05, 3.63) is 11.6 Å². The zero-order valence-electron chi connectivity index (χ0n) is 25.2. The number of fused-ring (bicyclic) bond motifs is 9. The molecule has 214 valence electrons. The average molecular weight is 529 g/mol. The Morgan fingerprint density at radius 2 is 1.61 bits per heavy atom. The fraction of sp³-hybridized carbons (Fsp3) is 0.909. The van der Waals surface area contributed by atoms with Gasteiger partial charge in [0, 0.05) is 11.3 Å². The van der Waals surface area contributed by atoms with Crippen LogP contribution in [0.1, 0.15) is 113 Å². The molecule has 0 aromatic carbocycles. The summed E-state index contributed by atoms with van der Waals surface area (Å²) in [4.78, 5) is 12.9. The van der Waals surface area contributed by atoms with Crippen LogP contribution in [0.5, 0.6) is 0 Å². The first-order chi connectivity index (χ1) is 17.5. The van der Waals surface area contributed by atoms with Crippen molar-refractivity contribution in [3.63, 3.8) is 0 Å². The molecule has 0 amide bonds. The summed E-state index contributed by atoms with van der Waals surface area (Å²) in [7, 11) is 0. The van der Waals surface area contributed by atoms with Gasteiger partial charge < -0.3 is 19.7 Å². The molecule has 1 heterocycles. The van der Waals surface area contributed by atoms with Crippen molar-refractivity contribution in [1.82, 2.24) is 0 Å². The van der Waals surface area contributed by atoms with Crippen LogP contribution >= 0.6 is 0 Å². The summed E-state index contributed by atoms with van der Waals surface area (Å²) in [5.41, 5.74) is -0.418. The molecule has 0 bridgehead atoms. The maximum Gasteiger partial charge on any atom is 0.310 e. The number of carboxylic acids is 1. The molecule has 5 aliphatic carbocycles. The van der Waals surface area contributed by atoms with Crippen LogP contribution < -0.4 is 0 Å². The summed E-state index contributed by atoms with van der Waals surface area (Å²) in [6.45, 7) is 18.9. The van der Waals surface area contributed by atoms with Crippen LogP contribution in [0, 0.1) is 50.7 Å². The van der Waals surface area contributed by atoms with Crippen molar-refractivity contribution in [2.24, 2.45) is 50.7 Å². The van der Waals surface area contributed by atoms with Gasteiger partial charge in [-0.25, -0.2) is 0 Å². The Labute approximate surface area is 230 Å². The lowest BCUT2D eigenvalue weighted by atomic mass is 9.33. The number of ether oxygens (including phenoxy) is 2. The first-order valence-electron chi connectivity index (χ1n) is 15.5. The number of aliphatic hydroxyl groups is 1. The molecule has 5 fully saturated rings. The van der Waals surface area contributed by atoms with Crippen molar-refractivity contribution < 1.29 is 24.5 Å². The number of aliphatic carboxylic acids is 1. The highest BCUT2D eigenvalue weighted by molar-refractivity contribution is 5.77. The van der Waals surface area contributed by atoms with Crippen molar-refractivity contribution in [3.8, 4) is 0 Å². The van der Waals surface area contributed by atoms with Gasteiger partial charge in [-0.15, -0.1) is 0 Å². The van der Waals surface area contributed by atoms with E-state index in [1.807, 2.05) is 20.8 Å². The minimum absolute atomic E-state index is 0.0161. The normalized spacial score (nSPS) is 57.3. The Kier molecular flexibility index (Phi) is 5.66. The van der Waals surface area contributed by atoms with E-state index in [1.165, 1.54) is 12.0 Å². The summed E-state index contributed by atoms with van der Waals surface area (Å²) in [6, 6.07) is 0. The molecule has 0 spiro atoms. The minimum Gasteiger partial charge on any atom is -0.481 e. The van der Waals surface area contributed by atoms with Gasteiger partial charge in [-0.05, 0) is 113 Å². The van der Waals surface area contributed by atoms with E-state index in [1.54, 1.807) is 0 Å². The van der Waals surface area contributed by atoms with E-state index in [0.717, 1.165) is 45.1 Å². The average Bonchev–Trinajstić information content (AvgIpc) is 2.82. The molecule has 4 saturated carbocycles. The highest BCUT2D eigenvalue weighted by atomic mass is 16.7. The van der Waals surface area contributed by atoms with E-state index in [9.17, 15) is 15.0 Å². The van der Waals surface area contributed by atoms with Gasteiger partial charge >= 0.3 is 5.97 Å². The number of rotatable bonds is 1. The summed E-state index contributed by atoms with van der Waals surface area (Å²) >= 11 is 0. The van der Waals surface area contributed by atoms with Crippen LogP contribution in [-0.2, 0) is 14.3 Å². The molecule has 6 aliphatic rings. The Bertz CT molecular complexity index is 1060. The van der Waals surface area contributed by atoms with Gasteiger partial charge in [-0.1, -0.05) is 46.3 Å². The highest BCUT2D eigenvalue weighted by Crippen LogP contribution is 2.76. The zero-order valence-corrected chi connectivity index (χ0v) is 25.2. The van der Waals surface area contributed by atoms with E-state index in [-0.39, 0.29) is 39.6 Å². The Hall–Kier alpha value is -0.910. The molecule has 0 radical (unpaired) electrons. The molecule has 2 N–H and O–H groups in total. The number of hydrogen-bond donors (Lipinski definition) is 2. The van der Waals surface area contributed by atoms with Crippen molar-refractivity contribution in [2.45, 2.75) is 131 Å². The summed E-state index contributed by atoms with van der Waals surface area (Å²) in [5.74, 6) is -0.364. The maximum absolute atomic E-state index is 12.9. The van der Waals surface area contributed by atoms with Crippen LogP contribution in [-0.4, -0.2) is 40.3 Å². The Morgan fingerprint density at radius 3 is 2.29 bits per heavy atom. The molecular formula is C33H52O5. The molecule has 6 rings (SSSR count). The first-order valence-corrected chi connectivity index (χ1v) is 15.5. The SMILES string of the molecule is C[C@@H]1CC[C@]2(C(=O)O)CC[C@]3(C)C(=CC[C@@H]4[C@@]5(C)CC[C@@H]6OC(C)(C)OC[C@@]6(C)[C@@H]5CC[C@]43C)[C@@H]2[C@]1(C)O. The van der Waals surface area contributed by atoms with E-state index in [0.29, 0.717) is 24.7 Å². The minimum atomic E-state index is -1.01. The standard InChI is InChI=1S/C33H52O5/c1-20-11-16-33(26(34)35)18-17-30(6)21(25(33)32(20,8)36)9-10-23-28(4)14-13-24-29(5,19-37-27(2,3)38-24)22(28)12-15-31(23,30)7/h9,20,22-25,36H,10-19H2,1-8H3,(H,34,35)/t20-,22-,23-,24+,25-,28+,29+,30-,31-,32-,33+/m1/s1. The zero-order chi connectivity index (χ0) is 27.7. The Balaban J connectivity index is 1.42. The molecule has 5 heteroatoms. The quantitative estimate of drug-likeness (QED) is 0.359. The van der Waals surface area contributed by atoms with Gasteiger partial charge in [0.1, 0.15) is 0 Å². The van der Waals surface area contributed by atoms with E-state index >= 15 is 0 Å². The largest absolute Gasteiger partial charge is 0.481 e. The lowest BCUT2D eigenvalue weighted by Crippen LogP contribution is -2.69. The third-order valence-electron chi connectivity index (χ3n) is 14.4. The van der Waals surface area contributed by atoms with Gasteiger partial charge in [-0.3, -0.25) is 4.79 Å². The van der Waals surface area contributed by atoms with Crippen LogP contribution in [0.2, 0.25) is 0 Å². The van der Waals surface area contributed by atoms with Crippen LogP contribution in [0.4, 0.5) is 0 Å². The summed E-state index contributed by atoms with van der Waals surface area (Å²) < 4.78 is 12.9.